The lowest BCUT2D eigenvalue weighted by atomic mass is 9.78. The number of methoxy groups -OCH3 is 1. The Kier molecular flexibility index (Phi) is 2.50. The Labute approximate surface area is 101 Å². The van der Waals surface area contributed by atoms with Crippen LogP contribution in [0.4, 0.5) is 0 Å². The van der Waals surface area contributed by atoms with E-state index in [9.17, 15) is 4.79 Å². The van der Waals surface area contributed by atoms with E-state index in [1.54, 1.807) is 0 Å². The summed E-state index contributed by atoms with van der Waals surface area (Å²) in [6, 6.07) is 10.3. The molecule has 2 aliphatic carbocycles. The molecule has 2 bridgehead atoms. The maximum Gasteiger partial charge on any atom is 0.309 e. The molecule has 2 nitrogen and oxygen atoms in total. The third-order valence-electron chi connectivity index (χ3n) is 4.12. The van der Waals surface area contributed by atoms with Crippen molar-refractivity contribution < 1.29 is 9.53 Å². The van der Waals surface area contributed by atoms with Crippen molar-refractivity contribution in [3.8, 4) is 0 Å². The fourth-order valence-corrected chi connectivity index (χ4v) is 3.41. The molecule has 1 aromatic rings. The van der Waals surface area contributed by atoms with E-state index in [0.29, 0.717) is 17.8 Å². The smallest absolute Gasteiger partial charge is 0.309 e. The minimum absolute atomic E-state index is 0.0115. The van der Waals surface area contributed by atoms with E-state index < -0.39 is 0 Å². The van der Waals surface area contributed by atoms with Crippen LogP contribution in [-0.2, 0) is 9.53 Å². The fourth-order valence-electron chi connectivity index (χ4n) is 3.41. The van der Waals surface area contributed by atoms with Gasteiger partial charge in [-0.3, -0.25) is 4.79 Å². The highest BCUT2D eigenvalue weighted by molar-refractivity contribution is 5.75. The number of esters is 1. The van der Waals surface area contributed by atoms with Gasteiger partial charge in [-0.05, 0) is 23.8 Å². The fraction of sp³-hybridized carbons (Fsp3) is 0.400. The second kappa shape index (κ2) is 4.02. The van der Waals surface area contributed by atoms with Crippen molar-refractivity contribution in [2.24, 2.45) is 17.8 Å². The van der Waals surface area contributed by atoms with Crippen LogP contribution in [0.5, 0.6) is 0 Å². The van der Waals surface area contributed by atoms with Gasteiger partial charge in [-0.15, -0.1) is 0 Å². The van der Waals surface area contributed by atoms with E-state index >= 15 is 0 Å². The number of ether oxygens (including phenoxy) is 1. The van der Waals surface area contributed by atoms with Crippen molar-refractivity contribution in [3.05, 3.63) is 48.0 Å². The summed E-state index contributed by atoms with van der Waals surface area (Å²) in [5, 5.41) is 0. The van der Waals surface area contributed by atoms with Gasteiger partial charge in [0.15, 0.2) is 0 Å². The van der Waals surface area contributed by atoms with Crippen LogP contribution in [-0.4, -0.2) is 13.1 Å². The van der Waals surface area contributed by atoms with Crippen LogP contribution in [0.3, 0.4) is 0 Å². The number of carbonyl (C=O) groups excluding carboxylic acids is 1. The van der Waals surface area contributed by atoms with Gasteiger partial charge in [-0.2, -0.15) is 0 Å². The van der Waals surface area contributed by atoms with Gasteiger partial charge in [0.25, 0.3) is 0 Å². The summed E-state index contributed by atoms with van der Waals surface area (Å²) in [5.74, 6) is 1.14. The van der Waals surface area contributed by atoms with Crippen molar-refractivity contribution in [3.63, 3.8) is 0 Å². The third kappa shape index (κ3) is 1.59. The molecule has 4 atom stereocenters. The first-order valence-electron chi connectivity index (χ1n) is 6.12. The molecule has 0 unspecified atom stereocenters. The average molecular weight is 228 g/mol. The van der Waals surface area contributed by atoms with Crippen LogP contribution >= 0.6 is 0 Å². The number of carbonyl (C=O) groups is 1. The number of hydrogen-bond donors (Lipinski definition) is 0. The molecule has 0 heterocycles. The van der Waals surface area contributed by atoms with E-state index in [-0.39, 0.29) is 11.9 Å². The third-order valence-corrected chi connectivity index (χ3v) is 4.12. The average Bonchev–Trinajstić information content (AvgIpc) is 2.99. The SMILES string of the molecule is COC(=O)[C@@H]1[C@@H](c2ccccc2)[C@@H]2C=C[C@H]1C2. The highest BCUT2D eigenvalue weighted by Crippen LogP contribution is 2.53. The number of benzene rings is 1. The van der Waals surface area contributed by atoms with E-state index in [0.717, 1.165) is 6.42 Å². The standard InChI is InChI=1S/C15H16O2/c1-17-15(16)14-12-8-7-11(9-12)13(14)10-5-3-2-4-6-10/h2-8,11-14H,9H2,1H3/t11-,12+,13+,14+/m1/s1. The van der Waals surface area contributed by atoms with Gasteiger partial charge >= 0.3 is 5.97 Å². The van der Waals surface area contributed by atoms with E-state index in [1.165, 1.54) is 12.7 Å². The first kappa shape index (κ1) is 10.6. The van der Waals surface area contributed by atoms with Crippen LogP contribution in [0.1, 0.15) is 17.9 Å². The van der Waals surface area contributed by atoms with Crippen molar-refractivity contribution in [1.29, 1.82) is 0 Å². The first-order chi connectivity index (χ1) is 8.31. The van der Waals surface area contributed by atoms with Crippen molar-refractivity contribution in [2.75, 3.05) is 7.11 Å². The summed E-state index contributed by atoms with van der Waals surface area (Å²) in [6.45, 7) is 0. The van der Waals surface area contributed by atoms with Crippen molar-refractivity contribution in [2.45, 2.75) is 12.3 Å². The molecule has 1 fully saturated rings. The van der Waals surface area contributed by atoms with Gasteiger partial charge in [0.2, 0.25) is 0 Å². The minimum Gasteiger partial charge on any atom is -0.469 e. The minimum atomic E-state index is -0.0595. The highest BCUT2D eigenvalue weighted by atomic mass is 16.5. The summed E-state index contributed by atoms with van der Waals surface area (Å²) in [4.78, 5) is 11.9. The molecule has 17 heavy (non-hydrogen) atoms. The van der Waals surface area contributed by atoms with Crippen LogP contribution in [0.15, 0.2) is 42.5 Å². The lowest BCUT2D eigenvalue weighted by Crippen LogP contribution is -2.27. The van der Waals surface area contributed by atoms with Crippen LogP contribution in [0.2, 0.25) is 0 Å². The summed E-state index contributed by atoms with van der Waals surface area (Å²) < 4.78 is 4.97. The largest absolute Gasteiger partial charge is 0.469 e. The van der Waals surface area contributed by atoms with Gasteiger partial charge in [0.1, 0.15) is 0 Å². The number of fused-ring (bicyclic) bond motifs is 2. The molecule has 3 rings (SSSR count). The zero-order valence-corrected chi connectivity index (χ0v) is 9.87. The van der Waals surface area contributed by atoms with Gasteiger partial charge in [-0.1, -0.05) is 42.5 Å². The normalized spacial score (nSPS) is 33.9. The van der Waals surface area contributed by atoms with E-state index in [4.69, 9.17) is 4.74 Å². The molecule has 0 radical (unpaired) electrons. The molecular weight excluding hydrogens is 212 g/mol. The summed E-state index contributed by atoms with van der Waals surface area (Å²) >= 11 is 0. The molecule has 2 aliphatic rings. The monoisotopic (exact) mass is 228 g/mol. The van der Waals surface area contributed by atoms with E-state index in [2.05, 4.69) is 24.3 Å². The molecule has 0 amide bonds. The Morgan fingerprint density at radius 1 is 1.18 bits per heavy atom. The Morgan fingerprint density at radius 3 is 2.59 bits per heavy atom. The molecular formula is C15H16O2. The Hall–Kier alpha value is -1.57. The predicted molar refractivity (Wildman–Crippen MR) is 65.4 cm³/mol. The topological polar surface area (TPSA) is 26.3 Å². The lowest BCUT2D eigenvalue weighted by molar-refractivity contribution is -0.146. The van der Waals surface area contributed by atoms with Gasteiger partial charge in [0, 0.05) is 5.92 Å². The number of hydrogen-bond acceptors (Lipinski definition) is 2. The number of rotatable bonds is 2. The molecule has 1 aromatic carbocycles. The highest BCUT2D eigenvalue weighted by Gasteiger charge is 2.49. The summed E-state index contributed by atoms with van der Waals surface area (Å²) in [7, 11) is 1.49. The van der Waals surface area contributed by atoms with Crippen LogP contribution in [0.25, 0.3) is 0 Å². The zero-order valence-electron chi connectivity index (χ0n) is 9.87. The maximum absolute atomic E-state index is 11.9. The lowest BCUT2D eigenvalue weighted by Gasteiger charge is -2.26. The van der Waals surface area contributed by atoms with Gasteiger partial charge < -0.3 is 4.74 Å². The van der Waals surface area contributed by atoms with Gasteiger partial charge in [-0.25, -0.2) is 0 Å². The van der Waals surface area contributed by atoms with Crippen LogP contribution < -0.4 is 0 Å². The zero-order chi connectivity index (χ0) is 11.8. The summed E-state index contributed by atoms with van der Waals surface area (Å²) in [5.41, 5.74) is 1.26. The molecule has 0 spiro atoms. The second-order valence-electron chi connectivity index (χ2n) is 4.93. The Morgan fingerprint density at radius 2 is 1.88 bits per heavy atom. The number of allylic oxidation sites excluding steroid dienone is 2. The molecule has 0 aliphatic heterocycles. The first-order valence-corrected chi connectivity index (χ1v) is 6.12. The predicted octanol–water partition coefficient (Wildman–Crippen LogP) is 2.77. The molecule has 88 valence electrons. The van der Waals surface area contributed by atoms with Crippen molar-refractivity contribution in [1.82, 2.24) is 0 Å². The Bertz CT molecular complexity index is 449. The quantitative estimate of drug-likeness (QED) is 0.574. The van der Waals surface area contributed by atoms with E-state index in [1.807, 2.05) is 18.2 Å². The summed E-state index contributed by atoms with van der Waals surface area (Å²) in [6.07, 6.45) is 5.55. The molecule has 0 N–H and O–H groups in total. The maximum atomic E-state index is 11.9. The molecule has 0 saturated heterocycles. The molecule has 1 saturated carbocycles. The van der Waals surface area contributed by atoms with Gasteiger partial charge in [0.05, 0.1) is 13.0 Å². The second-order valence-corrected chi connectivity index (χ2v) is 4.93. The molecule has 2 heteroatoms. The van der Waals surface area contributed by atoms with Crippen LogP contribution in [0, 0.1) is 17.8 Å². The molecule has 0 aromatic heterocycles. The Balaban J connectivity index is 1.97. The van der Waals surface area contributed by atoms with Crippen molar-refractivity contribution >= 4 is 5.97 Å².